The molecule has 176 valence electrons. The van der Waals surface area contributed by atoms with E-state index >= 15 is 0 Å². The van der Waals surface area contributed by atoms with Gasteiger partial charge in [-0.1, -0.05) is 95.9 Å². The summed E-state index contributed by atoms with van der Waals surface area (Å²) in [6.07, 6.45) is 20.8. The number of hydrogen-bond acceptors (Lipinski definition) is 2. The summed E-state index contributed by atoms with van der Waals surface area (Å²) >= 11 is 0. The van der Waals surface area contributed by atoms with Crippen LogP contribution in [0, 0.1) is 5.92 Å². The first-order valence-electron chi connectivity index (χ1n) is 13.5. The van der Waals surface area contributed by atoms with Crippen LogP contribution in [-0.4, -0.2) is 11.6 Å². The molecule has 0 amide bonds. The highest BCUT2D eigenvalue weighted by atomic mass is 16.5. The van der Waals surface area contributed by atoms with E-state index in [-0.39, 0.29) is 0 Å². The summed E-state index contributed by atoms with van der Waals surface area (Å²) in [5, 5.41) is 0. The second-order valence-corrected chi connectivity index (χ2v) is 9.83. The Hall–Kier alpha value is -1.83. The van der Waals surface area contributed by atoms with Crippen molar-refractivity contribution in [3.63, 3.8) is 0 Å². The van der Waals surface area contributed by atoms with Gasteiger partial charge in [-0.25, -0.2) is 0 Å². The molecule has 1 heterocycles. The summed E-state index contributed by atoms with van der Waals surface area (Å²) in [6.45, 7) is 5.34. The second kappa shape index (κ2) is 14.3. The minimum Gasteiger partial charge on any atom is -0.492 e. The van der Waals surface area contributed by atoms with Crippen LogP contribution in [0.2, 0.25) is 0 Å². The number of hydrogen-bond donors (Lipinski definition) is 0. The highest BCUT2D eigenvalue weighted by Crippen LogP contribution is 2.38. The molecule has 1 saturated carbocycles. The summed E-state index contributed by atoms with van der Waals surface area (Å²) in [7, 11) is 0. The minimum atomic E-state index is 0.747. The number of benzene rings is 1. The normalized spacial score (nSPS) is 18.6. The molecule has 0 unspecified atom stereocenters. The van der Waals surface area contributed by atoms with Crippen molar-refractivity contribution in [1.29, 1.82) is 0 Å². The Morgan fingerprint density at radius 3 is 2.09 bits per heavy atom. The number of aromatic nitrogens is 1. The lowest BCUT2D eigenvalue weighted by atomic mass is 9.77. The standard InChI is InChI=1S/C30H45NO/c1-3-5-7-9-11-23-32-29-21-22-30(31-24-29)28-19-17-27(18-20-28)26-15-13-25(14-16-26)12-10-8-6-4-2/h17-22,24-26H,3-16,23H2,1-2H3. The Kier molecular flexibility index (Phi) is 11.1. The van der Waals surface area contributed by atoms with Gasteiger partial charge in [0.1, 0.15) is 5.75 Å². The molecule has 0 atom stereocenters. The molecule has 1 aromatic heterocycles. The van der Waals surface area contributed by atoms with E-state index in [1.54, 1.807) is 0 Å². The van der Waals surface area contributed by atoms with E-state index in [1.165, 1.54) is 94.6 Å². The number of unbranched alkanes of at least 4 members (excludes halogenated alkanes) is 7. The van der Waals surface area contributed by atoms with E-state index in [0.29, 0.717) is 0 Å². The van der Waals surface area contributed by atoms with Crippen LogP contribution in [0.1, 0.15) is 115 Å². The van der Waals surface area contributed by atoms with Crippen molar-refractivity contribution in [1.82, 2.24) is 4.98 Å². The molecule has 0 spiro atoms. The zero-order chi connectivity index (χ0) is 22.4. The quantitative estimate of drug-likeness (QED) is 0.276. The van der Waals surface area contributed by atoms with Crippen molar-refractivity contribution in [2.24, 2.45) is 5.92 Å². The van der Waals surface area contributed by atoms with E-state index in [1.807, 2.05) is 6.20 Å². The first kappa shape index (κ1) is 24.8. The molecular formula is C30H45NO. The van der Waals surface area contributed by atoms with E-state index in [9.17, 15) is 0 Å². The lowest BCUT2D eigenvalue weighted by molar-refractivity contribution is 0.302. The molecule has 0 saturated heterocycles. The molecular weight excluding hydrogens is 390 g/mol. The van der Waals surface area contributed by atoms with Crippen LogP contribution in [0.25, 0.3) is 11.3 Å². The number of rotatable bonds is 14. The van der Waals surface area contributed by atoms with Crippen molar-refractivity contribution < 1.29 is 4.74 Å². The maximum absolute atomic E-state index is 5.86. The predicted molar refractivity (Wildman–Crippen MR) is 137 cm³/mol. The second-order valence-electron chi connectivity index (χ2n) is 9.83. The van der Waals surface area contributed by atoms with Crippen LogP contribution in [-0.2, 0) is 0 Å². The smallest absolute Gasteiger partial charge is 0.137 e. The molecule has 3 rings (SSSR count). The zero-order valence-corrected chi connectivity index (χ0v) is 20.7. The molecule has 0 N–H and O–H groups in total. The molecule has 1 aromatic carbocycles. The van der Waals surface area contributed by atoms with Gasteiger partial charge in [0, 0.05) is 5.56 Å². The number of ether oxygens (including phenoxy) is 1. The third-order valence-corrected chi connectivity index (χ3v) is 7.24. The van der Waals surface area contributed by atoms with Crippen LogP contribution < -0.4 is 4.74 Å². The summed E-state index contributed by atoms with van der Waals surface area (Å²) in [4.78, 5) is 4.65. The van der Waals surface area contributed by atoms with Gasteiger partial charge in [-0.3, -0.25) is 4.98 Å². The van der Waals surface area contributed by atoms with E-state index in [4.69, 9.17) is 4.74 Å². The topological polar surface area (TPSA) is 22.1 Å². The van der Waals surface area contributed by atoms with Crippen LogP contribution in [0.4, 0.5) is 0 Å². The van der Waals surface area contributed by atoms with Gasteiger partial charge in [0.2, 0.25) is 0 Å². The molecule has 2 aromatic rings. The van der Waals surface area contributed by atoms with Gasteiger partial charge in [0.15, 0.2) is 0 Å². The maximum Gasteiger partial charge on any atom is 0.137 e. The summed E-state index contributed by atoms with van der Waals surface area (Å²) in [6, 6.07) is 13.3. The maximum atomic E-state index is 5.86. The average molecular weight is 436 g/mol. The Balaban J connectivity index is 1.41. The Labute approximate surface area is 197 Å². The Morgan fingerprint density at radius 1 is 0.750 bits per heavy atom. The van der Waals surface area contributed by atoms with E-state index < -0.39 is 0 Å². The van der Waals surface area contributed by atoms with Crippen molar-refractivity contribution in [3.8, 4) is 17.0 Å². The minimum absolute atomic E-state index is 0.747. The van der Waals surface area contributed by atoms with Crippen molar-refractivity contribution in [3.05, 3.63) is 48.2 Å². The van der Waals surface area contributed by atoms with Crippen LogP contribution in [0.15, 0.2) is 42.6 Å². The molecule has 2 nitrogen and oxygen atoms in total. The Morgan fingerprint density at radius 2 is 1.44 bits per heavy atom. The average Bonchev–Trinajstić information content (AvgIpc) is 2.85. The van der Waals surface area contributed by atoms with Crippen molar-refractivity contribution in [2.45, 2.75) is 110 Å². The number of nitrogens with zero attached hydrogens (tertiary/aromatic N) is 1. The molecule has 1 fully saturated rings. The summed E-state index contributed by atoms with van der Waals surface area (Å²) < 4.78 is 5.86. The third kappa shape index (κ3) is 8.26. The monoisotopic (exact) mass is 435 g/mol. The molecule has 1 aliphatic rings. The fourth-order valence-electron chi connectivity index (χ4n) is 5.10. The van der Waals surface area contributed by atoms with Crippen LogP contribution in [0.5, 0.6) is 5.75 Å². The third-order valence-electron chi connectivity index (χ3n) is 7.24. The largest absolute Gasteiger partial charge is 0.492 e. The van der Waals surface area contributed by atoms with Crippen molar-refractivity contribution in [2.75, 3.05) is 6.61 Å². The fraction of sp³-hybridized carbons (Fsp3) is 0.633. The van der Waals surface area contributed by atoms with Crippen molar-refractivity contribution >= 4 is 0 Å². The van der Waals surface area contributed by atoms with Gasteiger partial charge in [0.05, 0.1) is 18.5 Å². The first-order valence-corrected chi connectivity index (χ1v) is 13.5. The highest BCUT2D eigenvalue weighted by Gasteiger charge is 2.22. The first-order chi connectivity index (χ1) is 15.8. The fourth-order valence-corrected chi connectivity index (χ4v) is 5.10. The van der Waals surface area contributed by atoms with Gasteiger partial charge < -0.3 is 4.74 Å². The van der Waals surface area contributed by atoms with Crippen LogP contribution >= 0.6 is 0 Å². The SMILES string of the molecule is CCCCCCCOc1ccc(-c2ccc(C3CCC(CCCCCC)CC3)cc2)nc1. The molecule has 1 aliphatic carbocycles. The lowest BCUT2D eigenvalue weighted by Gasteiger charge is -2.29. The summed E-state index contributed by atoms with van der Waals surface area (Å²) in [5.74, 6) is 2.60. The van der Waals surface area contributed by atoms with E-state index in [0.717, 1.165) is 36.3 Å². The summed E-state index contributed by atoms with van der Waals surface area (Å²) in [5.41, 5.74) is 3.74. The van der Waals surface area contributed by atoms with Gasteiger partial charge in [-0.05, 0) is 61.6 Å². The lowest BCUT2D eigenvalue weighted by Crippen LogP contribution is -2.13. The Bertz CT molecular complexity index is 728. The molecule has 2 heteroatoms. The van der Waals surface area contributed by atoms with Gasteiger partial charge >= 0.3 is 0 Å². The van der Waals surface area contributed by atoms with Crippen LogP contribution in [0.3, 0.4) is 0 Å². The number of pyridine rings is 1. The molecule has 0 bridgehead atoms. The highest BCUT2D eigenvalue weighted by molar-refractivity contribution is 5.60. The van der Waals surface area contributed by atoms with Gasteiger partial charge in [-0.2, -0.15) is 0 Å². The molecule has 32 heavy (non-hydrogen) atoms. The van der Waals surface area contributed by atoms with E-state index in [2.05, 4.69) is 55.2 Å². The predicted octanol–water partition coefficient (Wildman–Crippen LogP) is 9.34. The molecule has 0 radical (unpaired) electrons. The van der Waals surface area contributed by atoms with Gasteiger partial charge in [0.25, 0.3) is 0 Å². The molecule has 0 aliphatic heterocycles. The van der Waals surface area contributed by atoms with Gasteiger partial charge in [-0.15, -0.1) is 0 Å². The zero-order valence-electron chi connectivity index (χ0n) is 20.7.